The van der Waals surface area contributed by atoms with Crippen molar-refractivity contribution in [3.63, 3.8) is 0 Å². The fourth-order valence-electron chi connectivity index (χ4n) is 6.77. The van der Waals surface area contributed by atoms with Crippen molar-refractivity contribution in [2.45, 2.75) is 31.8 Å². The molecule has 0 amide bonds. The number of nitrogens with one attached hydrogen (secondary N) is 2. The van der Waals surface area contributed by atoms with E-state index < -0.39 is 0 Å². The third-order valence-electron chi connectivity index (χ3n) is 8.74. The Morgan fingerprint density at radius 1 is 0.750 bits per heavy atom. The molecule has 4 heteroatoms. The lowest BCUT2D eigenvalue weighted by Crippen LogP contribution is -2.35. The number of allylic oxidation sites excluding steroid dienone is 11. The van der Waals surface area contributed by atoms with Crippen LogP contribution < -0.4 is 10.6 Å². The second-order valence-electron chi connectivity index (χ2n) is 10.8. The van der Waals surface area contributed by atoms with Crippen molar-refractivity contribution in [1.82, 2.24) is 0 Å². The van der Waals surface area contributed by atoms with E-state index in [1.54, 1.807) is 0 Å². The van der Waals surface area contributed by atoms with E-state index in [4.69, 9.17) is 20.0 Å². The monoisotopic (exact) mass is 474 g/mol. The molecular formula is C32H30N2O2. The van der Waals surface area contributed by atoms with Crippen LogP contribution in [0.25, 0.3) is 18.2 Å². The Labute approximate surface area is 211 Å². The second-order valence-corrected chi connectivity index (χ2v) is 10.8. The minimum absolute atomic E-state index is 0.0258. The fourth-order valence-corrected chi connectivity index (χ4v) is 6.77. The maximum absolute atomic E-state index is 7.64. The van der Waals surface area contributed by atoms with Gasteiger partial charge >= 0.3 is 0 Å². The first-order valence-electron chi connectivity index (χ1n) is 13.1. The highest BCUT2D eigenvalue weighted by atomic mass is 16.5. The van der Waals surface area contributed by atoms with Gasteiger partial charge in [0.1, 0.15) is 23.0 Å². The summed E-state index contributed by atoms with van der Waals surface area (Å²) in [6.45, 7) is 0. The summed E-state index contributed by atoms with van der Waals surface area (Å²) in [6.07, 6.45) is 33.2. The molecule has 0 spiro atoms. The largest absolute Gasteiger partial charge is 0.485 e. The van der Waals surface area contributed by atoms with E-state index in [2.05, 4.69) is 60.8 Å². The first-order valence-corrected chi connectivity index (χ1v) is 13.1. The highest BCUT2D eigenvalue weighted by molar-refractivity contribution is 5.77. The molecule has 6 atom stereocenters. The van der Waals surface area contributed by atoms with Gasteiger partial charge in [0.2, 0.25) is 0 Å². The number of fused-ring (bicyclic) bond motifs is 5. The van der Waals surface area contributed by atoms with Crippen molar-refractivity contribution < 1.29 is 9.15 Å². The highest BCUT2D eigenvalue weighted by Crippen LogP contribution is 2.44. The van der Waals surface area contributed by atoms with Crippen LogP contribution in [-0.4, -0.2) is 18.5 Å². The van der Waals surface area contributed by atoms with Gasteiger partial charge in [-0.2, -0.15) is 0 Å². The predicted octanol–water partition coefficient (Wildman–Crippen LogP) is 5.19. The summed E-state index contributed by atoms with van der Waals surface area (Å²) in [5, 5.41) is 16.5. The summed E-state index contributed by atoms with van der Waals surface area (Å²) in [5.41, 5.74) is 5.86. The molecule has 0 saturated heterocycles. The molecule has 5 aliphatic carbocycles. The van der Waals surface area contributed by atoms with Gasteiger partial charge in [-0.05, 0) is 90.4 Å². The molecule has 6 aliphatic rings. The summed E-state index contributed by atoms with van der Waals surface area (Å²) in [6, 6.07) is 0. The Balaban J connectivity index is 1.14. The van der Waals surface area contributed by atoms with E-state index >= 15 is 0 Å². The second kappa shape index (κ2) is 8.48. The van der Waals surface area contributed by atoms with E-state index in [0.717, 1.165) is 53.8 Å². The van der Waals surface area contributed by atoms with Gasteiger partial charge in [0, 0.05) is 29.1 Å². The van der Waals surface area contributed by atoms with Gasteiger partial charge in [-0.3, -0.25) is 0 Å². The quantitative estimate of drug-likeness (QED) is 0.590. The van der Waals surface area contributed by atoms with Crippen LogP contribution in [0.3, 0.4) is 0 Å². The van der Waals surface area contributed by atoms with Crippen molar-refractivity contribution in [3.8, 4) is 0 Å². The Morgan fingerprint density at radius 2 is 1.42 bits per heavy atom. The van der Waals surface area contributed by atoms with Crippen LogP contribution in [0.5, 0.6) is 0 Å². The van der Waals surface area contributed by atoms with Gasteiger partial charge in [-0.25, -0.2) is 0 Å². The summed E-state index contributed by atoms with van der Waals surface area (Å²) < 4.78 is 12.9. The molecule has 0 radical (unpaired) electrons. The number of rotatable bonds is 4. The summed E-state index contributed by atoms with van der Waals surface area (Å²) in [4.78, 5) is 0. The molecule has 0 saturated carbocycles. The Bertz CT molecular complexity index is 1490. The van der Waals surface area contributed by atoms with Crippen LogP contribution in [0.15, 0.2) is 81.6 Å². The van der Waals surface area contributed by atoms with Gasteiger partial charge in [0.05, 0.1) is 0 Å². The molecule has 1 aromatic rings. The van der Waals surface area contributed by atoms with Crippen molar-refractivity contribution in [1.29, 1.82) is 10.8 Å². The zero-order valence-corrected chi connectivity index (χ0v) is 20.2. The minimum Gasteiger partial charge on any atom is -0.485 e. The third kappa shape index (κ3) is 3.50. The molecule has 0 aromatic carbocycles. The summed E-state index contributed by atoms with van der Waals surface area (Å²) in [5.74, 6) is 3.92. The molecule has 0 fully saturated rings. The Morgan fingerprint density at radius 3 is 2.14 bits per heavy atom. The molecule has 6 unspecified atom stereocenters. The van der Waals surface area contributed by atoms with Gasteiger partial charge in [-0.15, -0.1) is 0 Å². The van der Waals surface area contributed by atoms with Crippen LogP contribution in [0.2, 0.25) is 0 Å². The Kier molecular flexibility index (Phi) is 5.09. The zero-order valence-electron chi connectivity index (χ0n) is 20.2. The average Bonchev–Trinajstić information content (AvgIpc) is 3.48. The van der Waals surface area contributed by atoms with Gasteiger partial charge in [0.15, 0.2) is 0 Å². The lowest BCUT2D eigenvalue weighted by Gasteiger charge is -2.28. The molecule has 0 bridgehead atoms. The van der Waals surface area contributed by atoms with E-state index in [9.17, 15) is 0 Å². The normalized spacial score (nSPS) is 33.2. The first kappa shape index (κ1) is 21.6. The van der Waals surface area contributed by atoms with Crippen LogP contribution in [-0.2, 0) is 11.2 Å². The van der Waals surface area contributed by atoms with Crippen LogP contribution >= 0.6 is 0 Å². The predicted molar refractivity (Wildman–Crippen MR) is 144 cm³/mol. The summed E-state index contributed by atoms with van der Waals surface area (Å²) in [7, 11) is 0. The zero-order chi connectivity index (χ0) is 24.2. The minimum atomic E-state index is 0.0258. The fraction of sp³-hybridized carbons (Fsp3) is 0.312. The molecule has 180 valence electrons. The van der Waals surface area contributed by atoms with Crippen molar-refractivity contribution in [2.75, 3.05) is 0 Å². The van der Waals surface area contributed by atoms with Crippen molar-refractivity contribution >= 4 is 30.7 Å². The van der Waals surface area contributed by atoms with Gasteiger partial charge in [0.25, 0.3) is 0 Å². The van der Waals surface area contributed by atoms with E-state index in [1.165, 1.54) is 28.8 Å². The topological polar surface area (TPSA) is 70.1 Å². The average molecular weight is 475 g/mol. The number of hydrogen-bond acceptors (Lipinski definition) is 4. The number of furan rings is 1. The maximum Gasteiger partial charge on any atom is 0.131 e. The lowest BCUT2D eigenvalue weighted by atomic mass is 9.75. The SMILES string of the molecule is N=CC1=CC=CC(C2C=CC3=C(C2)C2C=c4oc5c(c4=CC2O3)CC(C2C=CC=C(C=N)C2)C=C5)C1. The van der Waals surface area contributed by atoms with Crippen LogP contribution in [0.1, 0.15) is 30.6 Å². The molecular weight excluding hydrogens is 444 g/mol. The van der Waals surface area contributed by atoms with Gasteiger partial charge < -0.3 is 20.0 Å². The van der Waals surface area contributed by atoms with E-state index in [0.29, 0.717) is 23.7 Å². The van der Waals surface area contributed by atoms with Crippen molar-refractivity contribution in [2.24, 2.45) is 29.6 Å². The van der Waals surface area contributed by atoms with Gasteiger partial charge in [-0.1, -0.05) is 48.6 Å². The molecule has 2 N–H and O–H groups in total. The molecule has 1 aromatic heterocycles. The molecule has 2 heterocycles. The first-order chi connectivity index (χ1) is 17.7. The lowest BCUT2D eigenvalue weighted by molar-refractivity contribution is 0.189. The molecule has 4 nitrogen and oxygen atoms in total. The van der Waals surface area contributed by atoms with Crippen LogP contribution in [0, 0.1) is 40.4 Å². The smallest absolute Gasteiger partial charge is 0.131 e. The van der Waals surface area contributed by atoms with Crippen LogP contribution in [0.4, 0.5) is 0 Å². The molecule has 36 heavy (non-hydrogen) atoms. The van der Waals surface area contributed by atoms with E-state index in [-0.39, 0.29) is 12.0 Å². The van der Waals surface area contributed by atoms with Crippen molar-refractivity contribution in [3.05, 3.63) is 99.1 Å². The molecule has 1 aliphatic heterocycles. The highest BCUT2D eigenvalue weighted by Gasteiger charge is 2.39. The Hall–Kier alpha value is -3.66. The number of ether oxygens (including phenoxy) is 1. The third-order valence-corrected chi connectivity index (χ3v) is 8.74. The maximum atomic E-state index is 7.64. The summed E-state index contributed by atoms with van der Waals surface area (Å²) >= 11 is 0. The number of hydrogen-bond donors (Lipinski definition) is 2. The van der Waals surface area contributed by atoms with E-state index in [1.807, 2.05) is 12.2 Å². The molecule has 7 rings (SSSR count). The standard InChI is InChI=1S/C32H30N2O2/c33-17-19-3-1-5-21(11-19)23-7-9-29-25(13-23)27-15-32-28(16-31(27)35-29)26-14-24(8-10-30(26)36-32)22-6-2-4-20(12-22)18-34/h1-10,15-18,21-24,27,31,33-34H,11-14H2.